The third-order valence-electron chi connectivity index (χ3n) is 2.62. The van der Waals surface area contributed by atoms with E-state index < -0.39 is 15.9 Å². The number of halogens is 1. The van der Waals surface area contributed by atoms with Crippen LogP contribution in [0.5, 0.6) is 5.75 Å². The summed E-state index contributed by atoms with van der Waals surface area (Å²) in [5.74, 6) is -0.860. The van der Waals surface area contributed by atoms with Crippen molar-refractivity contribution in [2.24, 2.45) is 5.14 Å². The van der Waals surface area contributed by atoms with Gasteiger partial charge in [-0.05, 0) is 36.4 Å². The van der Waals surface area contributed by atoms with Gasteiger partial charge in [0.25, 0.3) is 5.91 Å². The number of rotatable bonds is 3. The molecule has 0 aromatic heterocycles. The topological polar surface area (TPSA) is 109 Å². The van der Waals surface area contributed by atoms with Gasteiger partial charge in [-0.3, -0.25) is 4.79 Å². The SMILES string of the molecule is NS(=O)(=O)c1cccc(NC(=O)c2cc(Cl)ccc2O)c1. The lowest BCUT2D eigenvalue weighted by Crippen LogP contribution is -2.15. The Labute approximate surface area is 126 Å². The molecule has 2 aromatic rings. The Morgan fingerprint density at radius 3 is 2.57 bits per heavy atom. The zero-order valence-corrected chi connectivity index (χ0v) is 12.1. The average molecular weight is 327 g/mol. The van der Waals surface area contributed by atoms with Crippen molar-refractivity contribution in [3.05, 3.63) is 53.1 Å². The lowest BCUT2D eigenvalue weighted by Gasteiger charge is -2.08. The second-order valence-corrected chi connectivity index (χ2v) is 6.19. The number of aromatic hydroxyl groups is 1. The summed E-state index contributed by atoms with van der Waals surface area (Å²) in [5.41, 5.74) is 0.203. The van der Waals surface area contributed by atoms with Crippen molar-refractivity contribution in [2.45, 2.75) is 4.90 Å². The Balaban J connectivity index is 2.30. The van der Waals surface area contributed by atoms with Crippen molar-refractivity contribution in [1.29, 1.82) is 0 Å². The Hall–Kier alpha value is -2.09. The molecule has 0 aliphatic heterocycles. The second-order valence-electron chi connectivity index (χ2n) is 4.19. The molecule has 8 heteroatoms. The Bertz CT molecular complexity index is 806. The van der Waals surface area contributed by atoms with Gasteiger partial charge < -0.3 is 10.4 Å². The van der Waals surface area contributed by atoms with Crippen molar-refractivity contribution in [3.63, 3.8) is 0 Å². The minimum Gasteiger partial charge on any atom is -0.507 e. The number of hydrogen-bond donors (Lipinski definition) is 3. The molecule has 0 fully saturated rings. The molecule has 21 heavy (non-hydrogen) atoms. The van der Waals surface area contributed by atoms with Gasteiger partial charge in [-0.2, -0.15) is 0 Å². The zero-order valence-electron chi connectivity index (χ0n) is 10.6. The minimum absolute atomic E-state index is 0.0245. The number of anilines is 1. The Morgan fingerprint density at radius 1 is 1.19 bits per heavy atom. The van der Waals surface area contributed by atoms with Crippen LogP contribution in [0.2, 0.25) is 5.02 Å². The van der Waals surface area contributed by atoms with Gasteiger partial charge in [0.05, 0.1) is 10.5 Å². The molecular weight excluding hydrogens is 316 g/mol. The number of phenolic OH excluding ortho intramolecular Hbond substituents is 1. The maximum absolute atomic E-state index is 12.0. The van der Waals surface area contributed by atoms with E-state index in [0.29, 0.717) is 0 Å². The highest BCUT2D eigenvalue weighted by Gasteiger charge is 2.13. The molecule has 0 saturated heterocycles. The van der Waals surface area contributed by atoms with E-state index in [1.807, 2.05) is 0 Å². The fourth-order valence-electron chi connectivity index (χ4n) is 1.64. The number of phenols is 1. The standard InChI is InChI=1S/C13H11ClN2O4S/c14-8-4-5-12(17)11(6-8)13(18)16-9-2-1-3-10(7-9)21(15,19)20/h1-7,17H,(H,16,18)(H2,15,19,20). The summed E-state index contributed by atoms with van der Waals surface area (Å²) in [7, 11) is -3.86. The number of amides is 1. The summed E-state index contributed by atoms with van der Waals surface area (Å²) in [6, 6.07) is 9.49. The van der Waals surface area contributed by atoms with E-state index in [9.17, 15) is 18.3 Å². The molecule has 0 spiro atoms. The Morgan fingerprint density at radius 2 is 1.90 bits per heavy atom. The van der Waals surface area contributed by atoms with Gasteiger partial charge in [0.2, 0.25) is 10.0 Å². The third kappa shape index (κ3) is 3.72. The molecule has 0 bridgehead atoms. The van der Waals surface area contributed by atoms with Crippen LogP contribution >= 0.6 is 11.6 Å². The van der Waals surface area contributed by atoms with Gasteiger partial charge in [-0.25, -0.2) is 13.6 Å². The highest BCUT2D eigenvalue weighted by atomic mass is 35.5. The van der Waals surface area contributed by atoms with E-state index >= 15 is 0 Å². The smallest absolute Gasteiger partial charge is 0.259 e. The molecule has 1 amide bonds. The fourth-order valence-corrected chi connectivity index (χ4v) is 2.37. The monoisotopic (exact) mass is 326 g/mol. The molecular formula is C13H11ClN2O4S. The number of primary sulfonamides is 1. The van der Waals surface area contributed by atoms with E-state index in [1.54, 1.807) is 0 Å². The molecule has 0 heterocycles. The number of sulfonamides is 1. The molecule has 0 atom stereocenters. The van der Waals surface area contributed by atoms with E-state index in [2.05, 4.69) is 5.32 Å². The number of carbonyl (C=O) groups excluding carboxylic acids is 1. The Kier molecular flexibility index (Phi) is 4.17. The van der Waals surface area contributed by atoms with Gasteiger partial charge in [-0.1, -0.05) is 17.7 Å². The zero-order chi connectivity index (χ0) is 15.6. The third-order valence-corrected chi connectivity index (χ3v) is 3.77. The average Bonchev–Trinajstić information content (AvgIpc) is 2.41. The lowest BCUT2D eigenvalue weighted by atomic mass is 10.2. The first kappa shape index (κ1) is 15.3. The van der Waals surface area contributed by atoms with E-state index in [0.717, 1.165) is 0 Å². The number of nitrogens with one attached hydrogen (secondary N) is 1. The van der Waals surface area contributed by atoms with Crippen molar-refractivity contribution in [3.8, 4) is 5.75 Å². The van der Waals surface area contributed by atoms with Crippen molar-refractivity contribution < 1.29 is 18.3 Å². The highest BCUT2D eigenvalue weighted by molar-refractivity contribution is 7.89. The first-order valence-corrected chi connectivity index (χ1v) is 7.62. The highest BCUT2D eigenvalue weighted by Crippen LogP contribution is 2.23. The summed E-state index contributed by atoms with van der Waals surface area (Å²) in [5, 5.41) is 17.4. The quantitative estimate of drug-likeness (QED) is 0.800. The van der Waals surface area contributed by atoms with Crippen LogP contribution in [0, 0.1) is 0 Å². The van der Waals surface area contributed by atoms with Crippen LogP contribution in [0.1, 0.15) is 10.4 Å². The summed E-state index contributed by atoms with van der Waals surface area (Å²) in [4.78, 5) is 11.9. The van der Waals surface area contributed by atoms with E-state index in [1.165, 1.54) is 42.5 Å². The van der Waals surface area contributed by atoms with Gasteiger partial charge in [0.15, 0.2) is 0 Å². The molecule has 0 saturated carbocycles. The number of benzene rings is 2. The van der Waals surface area contributed by atoms with Crippen LogP contribution in [0.3, 0.4) is 0 Å². The van der Waals surface area contributed by atoms with E-state index in [-0.39, 0.29) is 26.9 Å². The molecule has 0 aliphatic carbocycles. The number of carbonyl (C=O) groups is 1. The molecule has 110 valence electrons. The molecule has 6 nitrogen and oxygen atoms in total. The molecule has 0 aliphatic rings. The molecule has 2 aromatic carbocycles. The predicted molar refractivity (Wildman–Crippen MR) is 78.9 cm³/mol. The largest absolute Gasteiger partial charge is 0.507 e. The van der Waals surface area contributed by atoms with Gasteiger partial charge in [0.1, 0.15) is 5.75 Å². The summed E-state index contributed by atoms with van der Waals surface area (Å²) in [6.45, 7) is 0. The van der Waals surface area contributed by atoms with Gasteiger partial charge in [0, 0.05) is 10.7 Å². The van der Waals surface area contributed by atoms with Gasteiger partial charge in [-0.15, -0.1) is 0 Å². The van der Waals surface area contributed by atoms with Crippen LogP contribution in [-0.4, -0.2) is 19.4 Å². The van der Waals surface area contributed by atoms with Crippen LogP contribution in [0.4, 0.5) is 5.69 Å². The predicted octanol–water partition coefficient (Wildman–Crippen LogP) is 1.95. The molecule has 2 rings (SSSR count). The van der Waals surface area contributed by atoms with Crippen molar-refractivity contribution in [2.75, 3.05) is 5.32 Å². The number of nitrogens with two attached hydrogens (primary N) is 1. The van der Waals surface area contributed by atoms with Crippen LogP contribution < -0.4 is 10.5 Å². The maximum Gasteiger partial charge on any atom is 0.259 e. The first-order chi connectivity index (χ1) is 9.77. The summed E-state index contributed by atoms with van der Waals surface area (Å²) >= 11 is 5.76. The minimum atomic E-state index is -3.86. The lowest BCUT2D eigenvalue weighted by molar-refractivity contribution is 0.102. The first-order valence-electron chi connectivity index (χ1n) is 5.70. The van der Waals surface area contributed by atoms with Crippen molar-refractivity contribution >= 4 is 33.2 Å². The van der Waals surface area contributed by atoms with Crippen LogP contribution in [0.25, 0.3) is 0 Å². The molecule has 0 radical (unpaired) electrons. The van der Waals surface area contributed by atoms with Crippen LogP contribution in [-0.2, 0) is 10.0 Å². The van der Waals surface area contributed by atoms with E-state index in [4.69, 9.17) is 16.7 Å². The summed E-state index contributed by atoms with van der Waals surface area (Å²) in [6.07, 6.45) is 0. The normalized spacial score (nSPS) is 11.1. The fraction of sp³-hybridized carbons (Fsp3) is 0. The summed E-state index contributed by atoms with van der Waals surface area (Å²) < 4.78 is 22.5. The van der Waals surface area contributed by atoms with Crippen molar-refractivity contribution in [1.82, 2.24) is 0 Å². The molecule has 4 N–H and O–H groups in total. The molecule has 0 unspecified atom stereocenters. The second kappa shape index (κ2) is 5.72. The van der Waals surface area contributed by atoms with Crippen LogP contribution in [0.15, 0.2) is 47.4 Å². The van der Waals surface area contributed by atoms with Gasteiger partial charge >= 0.3 is 0 Å². The number of hydrogen-bond acceptors (Lipinski definition) is 4. The maximum atomic E-state index is 12.0.